The van der Waals surface area contributed by atoms with Gasteiger partial charge in [0.2, 0.25) is 0 Å². The zero-order valence-electron chi connectivity index (χ0n) is 12.3. The molecule has 4 heteroatoms. The van der Waals surface area contributed by atoms with Gasteiger partial charge in [0.1, 0.15) is 0 Å². The molecule has 114 valence electrons. The van der Waals surface area contributed by atoms with E-state index in [1.54, 1.807) is 0 Å². The molecule has 0 radical (unpaired) electrons. The number of rotatable bonds is 4. The first-order chi connectivity index (χ1) is 10.7. The fraction of sp³-hybridized carbons (Fsp3) is 0.278. The lowest BCUT2D eigenvalue weighted by Gasteiger charge is -2.17. The van der Waals surface area contributed by atoms with Crippen LogP contribution in [0.25, 0.3) is 0 Å². The van der Waals surface area contributed by atoms with Crippen LogP contribution in [0.15, 0.2) is 48.5 Å². The molecule has 0 heterocycles. The van der Waals surface area contributed by atoms with Crippen LogP contribution in [-0.4, -0.2) is 11.7 Å². The molecular formula is C18H19ClN2S. The second-order valence-corrected chi connectivity index (χ2v) is 6.41. The Balaban J connectivity index is 1.46. The Morgan fingerprint density at radius 1 is 1.14 bits per heavy atom. The monoisotopic (exact) mass is 330 g/mol. The summed E-state index contributed by atoms with van der Waals surface area (Å²) in [4.78, 5) is 0. The van der Waals surface area contributed by atoms with Gasteiger partial charge in [0, 0.05) is 11.6 Å². The summed E-state index contributed by atoms with van der Waals surface area (Å²) in [5, 5.41) is 8.22. The van der Waals surface area contributed by atoms with E-state index in [1.165, 1.54) is 16.7 Å². The lowest BCUT2D eigenvalue weighted by atomic mass is 10.1. The first-order valence-electron chi connectivity index (χ1n) is 7.59. The number of halogens is 1. The maximum atomic E-state index is 5.89. The van der Waals surface area contributed by atoms with Crippen molar-refractivity contribution in [1.29, 1.82) is 0 Å². The van der Waals surface area contributed by atoms with Crippen LogP contribution in [0, 0.1) is 0 Å². The van der Waals surface area contributed by atoms with Crippen molar-refractivity contribution in [2.75, 3.05) is 6.54 Å². The van der Waals surface area contributed by atoms with Crippen LogP contribution in [0.2, 0.25) is 5.02 Å². The average Bonchev–Trinajstić information content (AvgIpc) is 2.93. The van der Waals surface area contributed by atoms with E-state index in [-0.39, 0.29) is 0 Å². The van der Waals surface area contributed by atoms with Crippen LogP contribution in [0.3, 0.4) is 0 Å². The molecule has 1 unspecified atom stereocenters. The lowest BCUT2D eigenvalue weighted by molar-refractivity contribution is 0.630. The lowest BCUT2D eigenvalue weighted by Crippen LogP contribution is -2.38. The maximum absolute atomic E-state index is 5.89. The van der Waals surface area contributed by atoms with Crippen LogP contribution in [0.1, 0.15) is 29.2 Å². The number of fused-ring (bicyclic) bond motifs is 1. The molecule has 0 aliphatic heterocycles. The third kappa shape index (κ3) is 3.79. The number of aryl methyl sites for hydroxylation is 1. The summed E-state index contributed by atoms with van der Waals surface area (Å²) in [6.07, 6.45) is 3.17. The minimum absolute atomic E-state index is 0.340. The summed E-state index contributed by atoms with van der Waals surface area (Å²) in [5.74, 6) is 0. The summed E-state index contributed by atoms with van der Waals surface area (Å²) in [5.41, 5.74) is 4.07. The summed E-state index contributed by atoms with van der Waals surface area (Å²) in [6.45, 7) is 0.821. The molecule has 2 nitrogen and oxygen atoms in total. The van der Waals surface area contributed by atoms with Gasteiger partial charge in [-0.25, -0.2) is 0 Å². The predicted octanol–water partition coefficient (Wildman–Crippen LogP) is 4.03. The minimum atomic E-state index is 0.340. The summed E-state index contributed by atoms with van der Waals surface area (Å²) >= 11 is 11.3. The summed E-state index contributed by atoms with van der Waals surface area (Å²) in [7, 11) is 0. The Kier molecular flexibility index (Phi) is 4.96. The quantitative estimate of drug-likeness (QED) is 0.827. The van der Waals surface area contributed by atoms with Gasteiger partial charge in [-0.15, -0.1) is 0 Å². The molecule has 2 aromatic rings. The Bertz CT molecular complexity index is 654. The van der Waals surface area contributed by atoms with Crippen LogP contribution in [-0.2, 0) is 12.8 Å². The molecule has 0 saturated carbocycles. The molecule has 0 bridgehead atoms. The molecule has 2 aromatic carbocycles. The van der Waals surface area contributed by atoms with Gasteiger partial charge in [-0.3, -0.25) is 0 Å². The van der Waals surface area contributed by atoms with Gasteiger partial charge >= 0.3 is 0 Å². The number of nitrogens with one attached hydrogen (secondary N) is 2. The third-order valence-electron chi connectivity index (χ3n) is 4.05. The van der Waals surface area contributed by atoms with E-state index in [1.807, 2.05) is 24.3 Å². The van der Waals surface area contributed by atoms with E-state index in [4.69, 9.17) is 23.8 Å². The van der Waals surface area contributed by atoms with E-state index >= 15 is 0 Å². The third-order valence-corrected chi connectivity index (χ3v) is 4.56. The highest BCUT2D eigenvalue weighted by molar-refractivity contribution is 7.80. The van der Waals surface area contributed by atoms with E-state index in [0.29, 0.717) is 6.04 Å². The Morgan fingerprint density at radius 3 is 2.73 bits per heavy atom. The van der Waals surface area contributed by atoms with Gasteiger partial charge in [-0.2, -0.15) is 0 Å². The van der Waals surface area contributed by atoms with Gasteiger partial charge in [0.15, 0.2) is 5.11 Å². The smallest absolute Gasteiger partial charge is 0.166 e. The highest BCUT2D eigenvalue weighted by atomic mass is 35.5. The predicted molar refractivity (Wildman–Crippen MR) is 96.4 cm³/mol. The fourth-order valence-corrected chi connectivity index (χ4v) is 3.26. The number of hydrogen-bond acceptors (Lipinski definition) is 1. The van der Waals surface area contributed by atoms with Gasteiger partial charge < -0.3 is 10.6 Å². The molecule has 0 aromatic heterocycles. The number of hydrogen-bond donors (Lipinski definition) is 2. The highest BCUT2D eigenvalue weighted by Crippen LogP contribution is 2.30. The molecule has 1 atom stereocenters. The Morgan fingerprint density at radius 2 is 1.91 bits per heavy atom. The first-order valence-corrected chi connectivity index (χ1v) is 8.37. The molecule has 2 N–H and O–H groups in total. The summed E-state index contributed by atoms with van der Waals surface area (Å²) in [6, 6.07) is 16.9. The van der Waals surface area contributed by atoms with E-state index < -0.39 is 0 Å². The van der Waals surface area contributed by atoms with E-state index in [2.05, 4.69) is 34.9 Å². The van der Waals surface area contributed by atoms with E-state index in [9.17, 15) is 0 Å². The number of thiocarbonyl (C=S) groups is 1. The molecule has 1 aliphatic carbocycles. The second-order valence-electron chi connectivity index (χ2n) is 5.57. The van der Waals surface area contributed by atoms with Crippen molar-refractivity contribution in [1.82, 2.24) is 10.6 Å². The SMILES string of the molecule is S=C(NCCc1ccc(Cl)cc1)NC1CCc2ccccc21. The second kappa shape index (κ2) is 7.12. The van der Waals surface area contributed by atoms with Crippen LogP contribution < -0.4 is 10.6 Å². The van der Waals surface area contributed by atoms with Crippen molar-refractivity contribution in [3.63, 3.8) is 0 Å². The van der Waals surface area contributed by atoms with Crippen molar-refractivity contribution in [2.24, 2.45) is 0 Å². The molecule has 1 aliphatic rings. The Labute approximate surface area is 141 Å². The van der Waals surface area contributed by atoms with Crippen molar-refractivity contribution in [3.8, 4) is 0 Å². The molecule has 3 rings (SSSR count). The van der Waals surface area contributed by atoms with Crippen molar-refractivity contribution in [3.05, 3.63) is 70.2 Å². The largest absolute Gasteiger partial charge is 0.362 e. The highest BCUT2D eigenvalue weighted by Gasteiger charge is 2.21. The normalized spacial score (nSPS) is 16.1. The van der Waals surface area contributed by atoms with Crippen LogP contribution in [0.5, 0.6) is 0 Å². The van der Waals surface area contributed by atoms with Gasteiger partial charge in [0.25, 0.3) is 0 Å². The average molecular weight is 331 g/mol. The fourth-order valence-electron chi connectivity index (χ4n) is 2.89. The zero-order chi connectivity index (χ0) is 15.4. The standard InChI is InChI=1S/C18H19ClN2S/c19-15-8-5-13(6-9-15)11-12-20-18(22)21-17-10-7-14-3-1-2-4-16(14)17/h1-6,8-9,17H,7,10-12H2,(H2,20,21,22). The molecule has 0 amide bonds. The minimum Gasteiger partial charge on any atom is -0.362 e. The first kappa shape index (κ1) is 15.3. The van der Waals surface area contributed by atoms with Gasteiger partial charge in [-0.05, 0) is 60.3 Å². The van der Waals surface area contributed by atoms with Crippen molar-refractivity contribution < 1.29 is 0 Å². The van der Waals surface area contributed by atoms with E-state index in [0.717, 1.165) is 35.9 Å². The van der Waals surface area contributed by atoms with Gasteiger partial charge in [-0.1, -0.05) is 48.0 Å². The molecular weight excluding hydrogens is 312 g/mol. The van der Waals surface area contributed by atoms with Crippen LogP contribution in [0.4, 0.5) is 0 Å². The molecule has 0 saturated heterocycles. The Hall–Kier alpha value is -1.58. The summed E-state index contributed by atoms with van der Waals surface area (Å²) < 4.78 is 0. The topological polar surface area (TPSA) is 24.1 Å². The van der Waals surface area contributed by atoms with Crippen molar-refractivity contribution in [2.45, 2.75) is 25.3 Å². The maximum Gasteiger partial charge on any atom is 0.166 e. The van der Waals surface area contributed by atoms with Crippen LogP contribution >= 0.6 is 23.8 Å². The molecule has 0 fully saturated rings. The van der Waals surface area contributed by atoms with Gasteiger partial charge in [0.05, 0.1) is 6.04 Å². The number of benzene rings is 2. The molecule has 22 heavy (non-hydrogen) atoms. The zero-order valence-corrected chi connectivity index (χ0v) is 13.9. The molecule has 0 spiro atoms. The van der Waals surface area contributed by atoms with Crippen molar-refractivity contribution >= 4 is 28.9 Å².